The van der Waals surface area contributed by atoms with Crippen LogP contribution in [0.1, 0.15) is 5.56 Å². The molecule has 3 N–H and O–H groups in total. The van der Waals surface area contributed by atoms with Gasteiger partial charge in [0.15, 0.2) is 0 Å². The molecular formula is C20H20N4O4S. The topological polar surface area (TPSA) is 109 Å². The summed E-state index contributed by atoms with van der Waals surface area (Å²) in [7, 11) is -2.26. The highest BCUT2D eigenvalue weighted by Crippen LogP contribution is 2.21. The lowest BCUT2D eigenvalue weighted by molar-refractivity contribution is 0.251. The first kappa shape index (κ1) is 20.2. The van der Waals surface area contributed by atoms with E-state index < -0.39 is 16.1 Å². The fourth-order valence-electron chi connectivity index (χ4n) is 2.48. The molecule has 0 aliphatic carbocycles. The number of aromatic nitrogens is 1. The molecule has 29 heavy (non-hydrogen) atoms. The fourth-order valence-corrected chi connectivity index (χ4v) is 3.53. The highest BCUT2D eigenvalue weighted by atomic mass is 32.2. The number of ether oxygens (including phenoxy) is 1. The number of pyridine rings is 1. The van der Waals surface area contributed by atoms with Crippen molar-refractivity contribution in [1.82, 2.24) is 10.3 Å². The fraction of sp³-hybridized carbons (Fsp3) is 0.100. The Morgan fingerprint density at radius 2 is 1.72 bits per heavy atom. The molecule has 0 radical (unpaired) electrons. The second-order valence-corrected chi connectivity index (χ2v) is 7.71. The minimum Gasteiger partial charge on any atom is -0.497 e. The zero-order valence-corrected chi connectivity index (χ0v) is 16.4. The molecule has 0 bridgehead atoms. The predicted octanol–water partition coefficient (Wildman–Crippen LogP) is 3.21. The molecule has 0 spiro atoms. The van der Waals surface area contributed by atoms with Crippen LogP contribution >= 0.6 is 0 Å². The molecule has 1 heterocycles. The van der Waals surface area contributed by atoms with Gasteiger partial charge in [-0.05, 0) is 54.1 Å². The smallest absolute Gasteiger partial charge is 0.319 e. The summed E-state index contributed by atoms with van der Waals surface area (Å²) in [5.74, 6) is 0.544. The van der Waals surface area contributed by atoms with E-state index >= 15 is 0 Å². The Bertz CT molecular complexity index is 1070. The summed E-state index contributed by atoms with van der Waals surface area (Å²) in [6, 6.07) is 15.7. The SMILES string of the molecule is COc1cccc(NS(=O)(=O)c2ccc(NC(=O)NCc3ccncc3)cc2)c1. The lowest BCUT2D eigenvalue weighted by Crippen LogP contribution is -2.28. The molecular weight excluding hydrogens is 392 g/mol. The summed E-state index contributed by atoms with van der Waals surface area (Å²) < 4.78 is 32.7. The number of sulfonamides is 1. The third-order valence-electron chi connectivity index (χ3n) is 3.95. The van der Waals surface area contributed by atoms with E-state index in [1.165, 1.54) is 31.4 Å². The molecule has 0 saturated carbocycles. The maximum Gasteiger partial charge on any atom is 0.319 e. The summed E-state index contributed by atoms with van der Waals surface area (Å²) in [6.45, 7) is 0.352. The quantitative estimate of drug-likeness (QED) is 0.552. The third kappa shape index (κ3) is 5.69. The van der Waals surface area contributed by atoms with Crippen LogP contribution < -0.4 is 20.1 Å². The van der Waals surface area contributed by atoms with Gasteiger partial charge in [-0.3, -0.25) is 9.71 Å². The van der Waals surface area contributed by atoms with Crippen molar-refractivity contribution in [2.45, 2.75) is 11.4 Å². The molecule has 8 nitrogen and oxygen atoms in total. The first-order valence-corrected chi connectivity index (χ1v) is 10.2. The van der Waals surface area contributed by atoms with Crippen LogP contribution in [-0.2, 0) is 16.6 Å². The zero-order chi connectivity index (χ0) is 20.7. The first-order chi connectivity index (χ1) is 14.0. The van der Waals surface area contributed by atoms with E-state index in [4.69, 9.17) is 4.74 Å². The Morgan fingerprint density at radius 3 is 2.41 bits per heavy atom. The monoisotopic (exact) mass is 412 g/mol. The van der Waals surface area contributed by atoms with E-state index in [0.29, 0.717) is 23.7 Å². The van der Waals surface area contributed by atoms with Crippen molar-refractivity contribution in [3.05, 3.63) is 78.6 Å². The van der Waals surface area contributed by atoms with Crippen LogP contribution in [0.5, 0.6) is 5.75 Å². The Balaban J connectivity index is 1.60. The van der Waals surface area contributed by atoms with Crippen LogP contribution in [0.25, 0.3) is 0 Å². The van der Waals surface area contributed by atoms with E-state index in [9.17, 15) is 13.2 Å². The Hall–Kier alpha value is -3.59. The molecule has 0 saturated heterocycles. The van der Waals surface area contributed by atoms with Gasteiger partial charge in [0, 0.05) is 30.7 Å². The lowest BCUT2D eigenvalue weighted by atomic mass is 10.3. The average Bonchev–Trinajstić information content (AvgIpc) is 2.73. The van der Waals surface area contributed by atoms with Gasteiger partial charge in [0.2, 0.25) is 0 Å². The van der Waals surface area contributed by atoms with E-state index in [1.807, 2.05) is 0 Å². The van der Waals surface area contributed by atoms with Crippen molar-refractivity contribution in [3.8, 4) is 5.75 Å². The van der Waals surface area contributed by atoms with Gasteiger partial charge < -0.3 is 15.4 Å². The molecule has 3 rings (SSSR count). The lowest BCUT2D eigenvalue weighted by Gasteiger charge is -2.11. The van der Waals surface area contributed by atoms with Gasteiger partial charge in [-0.2, -0.15) is 0 Å². The molecule has 1 aromatic heterocycles. The van der Waals surface area contributed by atoms with Gasteiger partial charge >= 0.3 is 6.03 Å². The van der Waals surface area contributed by atoms with Crippen LogP contribution in [0.15, 0.2) is 78.0 Å². The number of nitrogens with zero attached hydrogens (tertiary/aromatic N) is 1. The van der Waals surface area contributed by atoms with E-state index in [-0.39, 0.29) is 4.90 Å². The van der Waals surface area contributed by atoms with Crippen LogP contribution in [0.3, 0.4) is 0 Å². The number of hydrogen-bond donors (Lipinski definition) is 3. The third-order valence-corrected chi connectivity index (χ3v) is 5.34. The van der Waals surface area contributed by atoms with Gasteiger partial charge in [0.1, 0.15) is 5.75 Å². The number of methoxy groups -OCH3 is 1. The minimum atomic E-state index is -3.77. The Labute approximate surface area is 169 Å². The number of carbonyl (C=O) groups excluding carboxylic acids is 1. The average molecular weight is 412 g/mol. The summed E-state index contributed by atoms with van der Waals surface area (Å²) in [4.78, 5) is 16.0. The number of nitrogens with one attached hydrogen (secondary N) is 3. The normalized spacial score (nSPS) is 10.8. The number of anilines is 2. The van der Waals surface area contributed by atoms with Gasteiger partial charge in [0.25, 0.3) is 10.0 Å². The van der Waals surface area contributed by atoms with E-state index in [1.54, 1.807) is 48.8 Å². The standard InChI is InChI=1S/C20H20N4O4S/c1-28-18-4-2-3-17(13-18)24-29(26,27)19-7-5-16(6-8-19)23-20(25)22-14-15-9-11-21-12-10-15/h2-13,24H,14H2,1H3,(H2,22,23,25). The van der Waals surface area contributed by atoms with E-state index in [0.717, 1.165) is 5.56 Å². The van der Waals surface area contributed by atoms with Crippen molar-refractivity contribution in [2.75, 3.05) is 17.1 Å². The molecule has 0 fully saturated rings. The first-order valence-electron chi connectivity index (χ1n) is 8.67. The summed E-state index contributed by atoms with van der Waals surface area (Å²) in [5, 5.41) is 5.37. The molecule has 0 aliphatic rings. The number of amides is 2. The molecule has 2 amide bonds. The maximum absolute atomic E-state index is 12.5. The van der Waals surface area contributed by atoms with Crippen LogP contribution in [-0.4, -0.2) is 26.5 Å². The molecule has 3 aromatic rings. The highest BCUT2D eigenvalue weighted by Gasteiger charge is 2.14. The van der Waals surface area contributed by atoms with Gasteiger partial charge in [-0.15, -0.1) is 0 Å². The Morgan fingerprint density at radius 1 is 1.00 bits per heavy atom. The summed E-state index contributed by atoms with van der Waals surface area (Å²) in [6.07, 6.45) is 3.29. The largest absolute Gasteiger partial charge is 0.497 e. The van der Waals surface area contributed by atoms with Gasteiger partial charge in [-0.25, -0.2) is 13.2 Å². The number of rotatable bonds is 7. The van der Waals surface area contributed by atoms with Crippen molar-refractivity contribution < 1.29 is 17.9 Å². The summed E-state index contributed by atoms with van der Waals surface area (Å²) in [5.41, 5.74) is 1.78. The van der Waals surface area contributed by atoms with Crippen molar-refractivity contribution in [2.24, 2.45) is 0 Å². The molecule has 0 aliphatic heterocycles. The number of carbonyl (C=O) groups is 1. The number of urea groups is 1. The molecule has 2 aromatic carbocycles. The van der Waals surface area contributed by atoms with Crippen molar-refractivity contribution in [3.63, 3.8) is 0 Å². The molecule has 0 atom stereocenters. The van der Waals surface area contributed by atoms with Gasteiger partial charge in [-0.1, -0.05) is 6.07 Å². The number of benzene rings is 2. The molecule has 9 heteroatoms. The molecule has 150 valence electrons. The zero-order valence-electron chi connectivity index (χ0n) is 15.6. The van der Waals surface area contributed by atoms with Crippen LogP contribution in [0, 0.1) is 0 Å². The van der Waals surface area contributed by atoms with Gasteiger partial charge in [0.05, 0.1) is 17.7 Å². The van der Waals surface area contributed by atoms with E-state index in [2.05, 4.69) is 20.3 Å². The minimum absolute atomic E-state index is 0.0723. The maximum atomic E-state index is 12.5. The van der Waals surface area contributed by atoms with Crippen molar-refractivity contribution in [1.29, 1.82) is 0 Å². The molecule has 0 unspecified atom stereocenters. The summed E-state index contributed by atoms with van der Waals surface area (Å²) >= 11 is 0. The Kier molecular flexibility index (Phi) is 6.30. The van der Waals surface area contributed by atoms with Crippen LogP contribution in [0.2, 0.25) is 0 Å². The van der Waals surface area contributed by atoms with Crippen LogP contribution in [0.4, 0.5) is 16.2 Å². The highest BCUT2D eigenvalue weighted by molar-refractivity contribution is 7.92. The second-order valence-electron chi connectivity index (χ2n) is 6.02. The second kappa shape index (κ2) is 9.07. The predicted molar refractivity (Wildman–Crippen MR) is 110 cm³/mol. The number of hydrogen-bond acceptors (Lipinski definition) is 5. The van der Waals surface area contributed by atoms with Crippen molar-refractivity contribution >= 4 is 27.4 Å².